The fraction of sp³-hybridized carbons (Fsp3) is 0.632. The van der Waals surface area contributed by atoms with Crippen LogP contribution in [0.25, 0.3) is 0 Å². The first-order valence-electron chi connectivity index (χ1n) is 9.45. The summed E-state index contributed by atoms with van der Waals surface area (Å²) in [5, 5.41) is 0. The molecule has 0 aromatic heterocycles. The van der Waals surface area contributed by atoms with Crippen LogP contribution in [0.1, 0.15) is 43.5 Å². The molecule has 0 radical (unpaired) electrons. The van der Waals surface area contributed by atoms with Crippen LogP contribution in [-0.2, 0) is 14.8 Å². The fourth-order valence-corrected chi connectivity index (χ4v) is 5.63. The summed E-state index contributed by atoms with van der Waals surface area (Å²) in [6.45, 7) is 5.82. The molecule has 2 heterocycles. The van der Waals surface area contributed by atoms with Crippen molar-refractivity contribution in [3.63, 3.8) is 0 Å². The number of benzene rings is 1. The third-order valence-electron chi connectivity index (χ3n) is 5.27. The first-order chi connectivity index (χ1) is 12.8. The van der Waals surface area contributed by atoms with Crippen LogP contribution in [0.4, 0.5) is 0 Å². The van der Waals surface area contributed by atoms with E-state index >= 15 is 0 Å². The van der Waals surface area contributed by atoms with Crippen LogP contribution in [0.5, 0.6) is 5.75 Å². The summed E-state index contributed by atoms with van der Waals surface area (Å²) >= 11 is 0. The summed E-state index contributed by atoms with van der Waals surface area (Å²) in [5.41, 5.74) is 0.355. The Kier molecular flexibility index (Phi) is 6.08. The third kappa shape index (κ3) is 4.12. The first-order valence-corrected chi connectivity index (χ1v) is 10.9. The van der Waals surface area contributed by atoms with Gasteiger partial charge in [-0.3, -0.25) is 4.79 Å². The summed E-state index contributed by atoms with van der Waals surface area (Å²) in [6, 6.07) is 4.59. The van der Waals surface area contributed by atoms with Crippen molar-refractivity contribution in [3.05, 3.63) is 23.8 Å². The highest BCUT2D eigenvalue weighted by molar-refractivity contribution is 7.89. The molecule has 2 unspecified atom stereocenters. The van der Waals surface area contributed by atoms with Crippen molar-refractivity contribution in [1.82, 2.24) is 9.21 Å². The zero-order chi connectivity index (χ0) is 19.6. The van der Waals surface area contributed by atoms with Gasteiger partial charge in [0.15, 0.2) is 0 Å². The molecule has 8 heteroatoms. The molecular weight excluding hydrogens is 368 g/mol. The van der Waals surface area contributed by atoms with E-state index in [0.717, 1.165) is 19.3 Å². The molecule has 2 aliphatic heterocycles. The lowest BCUT2D eigenvalue weighted by atomic mass is 10.1. The second-order valence-electron chi connectivity index (χ2n) is 7.26. The van der Waals surface area contributed by atoms with Gasteiger partial charge in [-0.15, -0.1) is 0 Å². The minimum absolute atomic E-state index is 0.0293. The quantitative estimate of drug-likeness (QED) is 0.779. The largest absolute Gasteiger partial charge is 0.495 e. The number of hydrogen-bond donors (Lipinski definition) is 0. The lowest BCUT2D eigenvalue weighted by molar-refractivity contribution is -0.0124. The number of nitrogens with zero attached hydrogens (tertiary/aromatic N) is 2. The number of carbonyl (C=O) groups excluding carboxylic acids is 1. The molecule has 0 N–H and O–H groups in total. The minimum atomic E-state index is -3.74. The number of morpholine rings is 1. The van der Waals surface area contributed by atoms with Crippen molar-refractivity contribution in [2.45, 2.75) is 50.2 Å². The lowest BCUT2D eigenvalue weighted by Gasteiger charge is -2.33. The number of ether oxygens (including phenoxy) is 2. The Morgan fingerprint density at radius 2 is 2.00 bits per heavy atom. The second kappa shape index (κ2) is 8.16. The van der Waals surface area contributed by atoms with Crippen LogP contribution in [0.2, 0.25) is 0 Å². The van der Waals surface area contributed by atoms with Crippen molar-refractivity contribution < 1.29 is 22.7 Å². The van der Waals surface area contributed by atoms with Gasteiger partial charge in [-0.2, -0.15) is 4.31 Å². The normalized spacial score (nSPS) is 24.6. The van der Waals surface area contributed by atoms with Crippen LogP contribution in [0.3, 0.4) is 0 Å². The van der Waals surface area contributed by atoms with Crippen molar-refractivity contribution >= 4 is 15.9 Å². The molecule has 0 spiro atoms. The average Bonchev–Trinajstić information content (AvgIpc) is 2.67. The lowest BCUT2D eigenvalue weighted by Crippen LogP contribution is -2.44. The van der Waals surface area contributed by atoms with Crippen molar-refractivity contribution in [2.24, 2.45) is 0 Å². The Balaban J connectivity index is 1.95. The molecule has 2 aliphatic rings. The standard InChI is InChI=1S/C19H28N2O5S/c1-14-6-4-5-9-21(14)27(23,24)18-12-16(7-8-17(18)25-3)19(22)20-10-11-26-15(2)13-20/h7-8,12,14-15H,4-6,9-11,13H2,1-3H3. The van der Waals surface area contributed by atoms with Gasteiger partial charge in [0.05, 0.1) is 19.8 Å². The summed E-state index contributed by atoms with van der Waals surface area (Å²) in [6.07, 6.45) is 2.68. The maximum atomic E-state index is 13.3. The van der Waals surface area contributed by atoms with E-state index in [0.29, 0.717) is 31.8 Å². The van der Waals surface area contributed by atoms with Crippen molar-refractivity contribution in [1.29, 1.82) is 0 Å². The van der Waals surface area contributed by atoms with E-state index in [4.69, 9.17) is 9.47 Å². The molecule has 1 aromatic rings. The van der Waals surface area contributed by atoms with E-state index in [1.54, 1.807) is 17.0 Å². The number of piperidine rings is 1. The molecule has 1 amide bonds. The minimum Gasteiger partial charge on any atom is -0.495 e. The van der Waals surface area contributed by atoms with Crippen LogP contribution < -0.4 is 4.74 Å². The Labute approximate surface area is 161 Å². The van der Waals surface area contributed by atoms with Crippen molar-refractivity contribution in [2.75, 3.05) is 33.4 Å². The van der Waals surface area contributed by atoms with Crippen LogP contribution >= 0.6 is 0 Å². The highest BCUT2D eigenvalue weighted by Gasteiger charge is 2.34. The van der Waals surface area contributed by atoms with Gasteiger partial charge < -0.3 is 14.4 Å². The van der Waals surface area contributed by atoms with E-state index in [9.17, 15) is 13.2 Å². The SMILES string of the molecule is COc1ccc(C(=O)N2CCOC(C)C2)cc1S(=O)(=O)N1CCCCC1C. The van der Waals surface area contributed by atoms with Gasteiger partial charge >= 0.3 is 0 Å². The number of amides is 1. The molecular formula is C19H28N2O5S. The maximum Gasteiger partial charge on any atom is 0.254 e. The van der Waals surface area contributed by atoms with Gasteiger partial charge in [-0.05, 0) is 44.9 Å². The molecule has 0 saturated carbocycles. The second-order valence-corrected chi connectivity index (χ2v) is 9.12. The Morgan fingerprint density at radius 3 is 2.67 bits per heavy atom. The number of methoxy groups -OCH3 is 1. The summed E-state index contributed by atoms with van der Waals surface area (Å²) in [7, 11) is -2.30. The van der Waals surface area contributed by atoms with Crippen LogP contribution in [0.15, 0.2) is 23.1 Å². The predicted molar refractivity (Wildman–Crippen MR) is 102 cm³/mol. The van der Waals surface area contributed by atoms with E-state index in [2.05, 4.69) is 0 Å². The van der Waals surface area contributed by atoms with Gasteiger partial charge in [0, 0.05) is 31.2 Å². The molecule has 1 aromatic carbocycles. The highest BCUT2D eigenvalue weighted by Crippen LogP contribution is 2.32. The fourth-order valence-electron chi connectivity index (χ4n) is 3.75. The topological polar surface area (TPSA) is 76.1 Å². The molecule has 7 nitrogen and oxygen atoms in total. The molecule has 2 fully saturated rings. The number of hydrogen-bond acceptors (Lipinski definition) is 5. The molecule has 2 saturated heterocycles. The van der Waals surface area contributed by atoms with Gasteiger partial charge in [0.25, 0.3) is 5.91 Å². The van der Waals surface area contributed by atoms with Crippen LogP contribution in [-0.4, -0.2) is 69.0 Å². The van der Waals surface area contributed by atoms with Crippen LogP contribution in [0, 0.1) is 0 Å². The number of carbonyl (C=O) groups is 1. The number of sulfonamides is 1. The Hall–Kier alpha value is -1.64. The van der Waals surface area contributed by atoms with Gasteiger partial charge in [0.1, 0.15) is 10.6 Å². The molecule has 3 rings (SSSR count). The summed E-state index contributed by atoms with van der Waals surface area (Å²) < 4.78 is 38.9. The Bertz CT molecular complexity index is 795. The van der Waals surface area contributed by atoms with E-state index in [-0.39, 0.29) is 28.7 Å². The first kappa shape index (κ1) is 20.1. The number of rotatable bonds is 4. The molecule has 150 valence electrons. The maximum absolute atomic E-state index is 13.3. The van der Waals surface area contributed by atoms with Crippen molar-refractivity contribution in [3.8, 4) is 5.75 Å². The molecule has 0 aliphatic carbocycles. The monoisotopic (exact) mass is 396 g/mol. The predicted octanol–water partition coefficient (Wildman–Crippen LogP) is 2.12. The zero-order valence-electron chi connectivity index (χ0n) is 16.2. The molecule has 2 atom stereocenters. The molecule has 0 bridgehead atoms. The summed E-state index contributed by atoms with van der Waals surface area (Å²) in [5.74, 6) is 0.0793. The zero-order valence-corrected chi connectivity index (χ0v) is 17.0. The average molecular weight is 397 g/mol. The van der Waals surface area contributed by atoms with Gasteiger partial charge in [0.2, 0.25) is 10.0 Å². The molecule has 27 heavy (non-hydrogen) atoms. The van der Waals surface area contributed by atoms with E-state index in [1.165, 1.54) is 17.5 Å². The van der Waals surface area contributed by atoms with E-state index < -0.39 is 10.0 Å². The van der Waals surface area contributed by atoms with Gasteiger partial charge in [-0.1, -0.05) is 6.42 Å². The highest BCUT2D eigenvalue weighted by atomic mass is 32.2. The summed E-state index contributed by atoms with van der Waals surface area (Å²) in [4.78, 5) is 14.7. The van der Waals surface area contributed by atoms with Gasteiger partial charge in [-0.25, -0.2) is 8.42 Å². The van der Waals surface area contributed by atoms with E-state index in [1.807, 2.05) is 13.8 Å². The Morgan fingerprint density at radius 1 is 1.22 bits per heavy atom. The third-order valence-corrected chi connectivity index (χ3v) is 7.30. The smallest absolute Gasteiger partial charge is 0.254 e.